The molecule has 7 aliphatic rings. The molecule has 0 heterocycles. The fourth-order valence-corrected chi connectivity index (χ4v) is 12.0. The van der Waals surface area contributed by atoms with Crippen molar-refractivity contribution in [2.24, 2.45) is 58.0 Å². The van der Waals surface area contributed by atoms with Gasteiger partial charge in [-0.25, -0.2) is 0 Å². The van der Waals surface area contributed by atoms with Crippen molar-refractivity contribution in [3.8, 4) is 0 Å². The first kappa shape index (κ1) is 44.2. The van der Waals surface area contributed by atoms with Crippen LogP contribution in [0.1, 0.15) is 152 Å². The Labute approximate surface area is 308 Å². The summed E-state index contributed by atoms with van der Waals surface area (Å²) in [5.41, 5.74) is 12.7. The number of ether oxygens (including phenoxy) is 1. The Bertz CT molecular complexity index is 1150. The van der Waals surface area contributed by atoms with Crippen molar-refractivity contribution in [3.05, 3.63) is 60.3 Å². The summed E-state index contributed by atoms with van der Waals surface area (Å²) in [7, 11) is 0.500. The summed E-state index contributed by atoms with van der Waals surface area (Å²) in [5, 5.41) is 0. The highest BCUT2D eigenvalue weighted by Gasteiger charge is 2.61. The summed E-state index contributed by atoms with van der Waals surface area (Å²) < 4.78 is 14.1. The number of nitrogens with two attached hydrogens (primary N) is 1. The van der Waals surface area contributed by atoms with E-state index in [0.717, 1.165) is 54.3 Å². The SMILES string of the molecule is C=C.CC.CC.CC1CC=C(C2=CCC3(C)C4CCC5C(CCC6(N)CCCC56)C4CCC3C2(C)C)CC1.CF.O=COCC1=CC=CCC1. The number of allylic oxidation sites excluding steroid dienone is 7. The maximum atomic E-state index is 9.78. The van der Waals surface area contributed by atoms with Crippen molar-refractivity contribution < 1.29 is 13.9 Å². The molecule has 3 nitrogen and oxygen atoms in total. The second kappa shape index (κ2) is 20.9. The third-order valence-electron chi connectivity index (χ3n) is 14.0. The van der Waals surface area contributed by atoms with Gasteiger partial charge in [0.15, 0.2) is 0 Å². The van der Waals surface area contributed by atoms with Gasteiger partial charge in [0.2, 0.25) is 0 Å². The number of carbonyl (C=O) groups excluding carboxylic acids is 1. The van der Waals surface area contributed by atoms with Gasteiger partial charge in [0.05, 0.1) is 7.18 Å². The summed E-state index contributed by atoms with van der Waals surface area (Å²) >= 11 is 0. The molecule has 286 valence electrons. The van der Waals surface area contributed by atoms with E-state index < -0.39 is 0 Å². The van der Waals surface area contributed by atoms with Crippen LogP contribution in [0.4, 0.5) is 4.39 Å². The number of hydrogen-bond acceptors (Lipinski definition) is 3. The van der Waals surface area contributed by atoms with Crippen molar-refractivity contribution >= 4 is 6.47 Å². The standard InChI is InChI=1S/C31H49N.C8H10O2.2C2H6.C2H4.CH3F/c1-20-7-9-21(10-8-20)25-16-18-30(4)26-13-11-24-22(15-19-31(32)17-5-6-27(24)31)23(26)12-14-28(30)29(25,2)3;9-7-10-6-8-4-2-1-3-5-8;4*1-2/h9,16,20,22-24,26-28H,5-8,10-15,17-19,32H2,1-4H3;1-2,4,7H,3,5-6H2;2*1-2H3;1-2H2;1H3. The van der Waals surface area contributed by atoms with E-state index >= 15 is 0 Å². The normalized spacial score (nSPS) is 37.0. The largest absolute Gasteiger partial charge is 0.463 e. The highest BCUT2D eigenvalue weighted by Crippen LogP contribution is 2.68. The zero-order chi connectivity index (χ0) is 37.5. The number of fused-ring (bicyclic) bond motifs is 7. The summed E-state index contributed by atoms with van der Waals surface area (Å²) in [6, 6.07) is 0. The molecule has 9 unspecified atom stereocenters. The molecule has 4 heteroatoms. The highest BCUT2D eigenvalue weighted by atomic mass is 19.1. The van der Waals surface area contributed by atoms with Crippen molar-refractivity contribution in [1.82, 2.24) is 0 Å². The molecule has 0 amide bonds. The van der Waals surface area contributed by atoms with E-state index in [4.69, 9.17) is 5.73 Å². The molecule has 4 saturated carbocycles. The predicted molar refractivity (Wildman–Crippen MR) is 215 cm³/mol. The molecule has 0 aliphatic heterocycles. The molecular weight excluding hydrogens is 618 g/mol. The summed E-state index contributed by atoms with van der Waals surface area (Å²) in [6.07, 6.45) is 31.7. The van der Waals surface area contributed by atoms with Gasteiger partial charge in [-0.3, -0.25) is 9.18 Å². The number of hydrogen-bond donors (Lipinski definition) is 1. The van der Waals surface area contributed by atoms with Gasteiger partial charge in [-0.05, 0) is 159 Å². The zero-order valence-electron chi connectivity index (χ0n) is 34.0. The maximum absolute atomic E-state index is 9.78. The van der Waals surface area contributed by atoms with Crippen molar-refractivity contribution in [1.29, 1.82) is 0 Å². The van der Waals surface area contributed by atoms with Gasteiger partial charge in [0.25, 0.3) is 6.47 Å². The van der Waals surface area contributed by atoms with Gasteiger partial charge < -0.3 is 10.5 Å². The summed E-state index contributed by atoms with van der Waals surface area (Å²) in [6.45, 7) is 25.3. The Morgan fingerprint density at radius 2 is 1.56 bits per heavy atom. The molecule has 7 aliphatic carbocycles. The number of rotatable bonds is 4. The van der Waals surface area contributed by atoms with Crippen LogP contribution >= 0.6 is 0 Å². The zero-order valence-corrected chi connectivity index (χ0v) is 34.0. The lowest BCUT2D eigenvalue weighted by atomic mass is 9.41. The molecular formula is C46H78FNO2. The lowest BCUT2D eigenvalue weighted by Crippen LogP contribution is -2.59. The molecule has 0 spiro atoms. The van der Waals surface area contributed by atoms with Crippen molar-refractivity contribution in [2.45, 2.75) is 157 Å². The summed E-state index contributed by atoms with van der Waals surface area (Å²) in [5.74, 6) is 6.47. The Hall–Kier alpha value is -1.94. The fourth-order valence-electron chi connectivity index (χ4n) is 12.0. The van der Waals surface area contributed by atoms with Crippen LogP contribution in [-0.2, 0) is 9.53 Å². The third-order valence-corrected chi connectivity index (χ3v) is 14.0. The van der Waals surface area contributed by atoms with E-state index in [9.17, 15) is 9.18 Å². The van der Waals surface area contributed by atoms with Crippen LogP contribution in [-0.4, -0.2) is 25.8 Å². The lowest BCUT2D eigenvalue weighted by molar-refractivity contribution is -0.127. The third kappa shape index (κ3) is 9.53. The Balaban J connectivity index is 0.000000406. The predicted octanol–water partition coefficient (Wildman–Crippen LogP) is 12.9. The smallest absolute Gasteiger partial charge is 0.293 e. The van der Waals surface area contributed by atoms with Gasteiger partial charge >= 0.3 is 0 Å². The van der Waals surface area contributed by atoms with Crippen LogP contribution in [0.15, 0.2) is 60.3 Å². The minimum Gasteiger partial charge on any atom is -0.463 e. The van der Waals surface area contributed by atoms with Crippen LogP contribution in [0.25, 0.3) is 0 Å². The quantitative estimate of drug-likeness (QED) is 0.235. The molecule has 2 N–H and O–H groups in total. The van der Waals surface area contributed by atoms with Crippen LogP contribution in [0.5, 0.6) is 0 Å². The minimum absolute atomic E-state index is 0.213. The van der Waals surface area contributed by atoms with E-state index in [1.165, 1.54) is 89.0 Å². The average Bonchev–Trinajstić information content (AvgIpc) is 3.57. The maximum Gasteiger partial charge on any atom is 0.293 e. The molecule has 0 saturated heterocycles. The van der Waals surface area contributed by atoms with E-state index in [1.54, 1.807) is 11.1 Å². The molecule has 0 aromatic carbocycles. The second-order valence-electron chi connectivity index (χ2n) is 16.4. The Kier molecular flexibility index (Phi) is 18.5. The van der Waals surface area contributed by atoms with E-state index in [1.807, 2.05) is 39.8 Å². The topological polar surface area (TPSA) is 52.3 Å². The monoisotopic (exact) mass is 696 g/mol. The minimum atomic E-state index is 0.213. The number of alkyl halides is 1. The fraction of sp³-hybridized carbons (Fsp3) is 0.761. The number of carbonyl (C=O) groups is 1. The average molecular weight is 696 g/mol. The first-order chi connectivity index (χ1) is 24.2. The van der Waals surface area contributed by atoms with E-state index in [2.05, 4.69) is 63.8 Å². The van der Waals surface area contributed by atoms with Gasteiger partial charge in [0.1, 0.15) is 6.61 Å². The lowest BCUT2D eigenvalue weighted by Gasteiger charge is -2.64. The molecule has 7 rings (SSSR count). The van der Waals surface area contributed by atoms with Gasteiger partial charge in [-0.2, -0.15) is 0 Å². The first-order valence-corrected chi connectivity index (χ1v) is 20.6. The van der Waals surface area contributed by atoms with E-state index in [-0.39, 0.29) is 5.54 Å². The van der Waals surface area contributed by atoms with Crippen LogP contribution in [0.3, 0.4) is 0 Å². The highest BCUT2D eigenvalue weighted by molar-refractivity contribution is 5.40. The molecule has 4 fully saturated rings. The molecule has 0 aromatic rings. The molecule has 0 bridgehead atoms. The van der Waals surface area contributed by atoms with Crippen LogP contribution in [0.2, 0.25) is 0 Å². The van der Waals surface area contributed by atoms with Gasteiger partial charge in [-0.15, -0.1) is 13.2 Å². The van der Waals surface area contributed by atoms with Gasteiger partial charge in [0, 0.05) is 5.54 Å². The number of halogens is 1. The summed E-state index contributed by atoms with van der Waals surface area (Å²) in [4.78, 5) is 9.78. The molecule has 0 radical (unpaired) electrons. The van der Waals surface area contributed by atoms with Crippen molar-refractivity contribution in [2.75, 3.05) is 13.8 Å². The second-order valence-corrected chi connectivity index (χ2v) is 16.4. The van der Waals surface area contributed by atoms with Crippen molar-refractivity contribution in [3.63, 3.8) is 0 Å². The van der Waals surface area contributed by atoms with E-state index in [0.29, 0.717) is 31.1 Å². The van der Waals surface area contributed by atoms with Crippen LogP contribution < -0.4 is 5.73 Å². The van der Waals surface area contributed by atoms with Crippen LogP contribution in [0, 0.1) is 52.3 Å². The molecule has 9 atom stereocenters. The first-order valence-electron chi connectivity index (χ1n) is 20.6. The Morgan fingerprint density at radius 1 is 0.880 bits per heavy atom. The molecule has 0 aromatic heterocycles. The Morgan fingerprint density at radius 3 is 2.18 bits per heavy atom. The molecule has 50 heavy (non-hydrogen) atoms. The van der Waals surface area contributed by atoms with Gasteiger partial charge in [-0.1, -0.05) is 92.2 Å².